The molecule has 2 aromatic rings. The van der Waals surface area contributed by atoms with E-state index in [9.17, 15) is 44.7 Å². The van der Waals surface area contributed by atoms with Crippen LogP contribution in [-0.2, 0) is 9.59 Å². The molecule has 0 aliphatic heterocycles. The first-order valence-electron chi connectivity index (χ1n) is 11.8. The van der Waals surface area contributed by atoms with Crippen molar-refractivity contribution in [1.29, 1.82) is 0 Å². The Morgan fingerprint density at radius 1 is 0.605 bits per heavy atom. The van der Waals surface area contributed by atoms with Gasteiger partial charge in [0, 0.05) is 11.4 Å². The highest BCUT2D eigenvalue weighted by atomic mass is 19.4. The molecule has 2 atom stereocenters. The lowest BCUT2D eigenvalue weighted by atomic mass is 9.96. The van der Waals surface area contributed by atoms with Crippen molar-refractivity contribution < 1.29 is 44.7 Å². The lowest BCUT2D eigenvalue weighted by Gasteiger charge is -2.35. The highest BCUT2D eigenvalue weighted by molar-refractivity contribution is 5.99. The van der Waals surface area contributed by atoms with Gasteiger partial charge in [0.1, 0.15) is 0 Å². The summed E-state index contributed by atoms with van der Waals surface area (Å²) in [5.74, 6) is -32.4. The number of amides is 2. The molecule has 0 aromatic heterocycles. The molecule has 0 fully saturated rings. The minimum atomic E-state index is -6.96. The number of nitrogens with one attached hydrogen (secondary N) is 2. The summed E-state index contributed by atoms with van der Waals surface area (Å²) in [7, 11) is 0. The van der Waals surface area contributed by atoms with E-state index in [1.165, 1.54) is 34.9 Å². The number of carbonyl (C=O) groups excluding carboxylic acids is 2. The van der Waals surface area contributed by atoms with Crippen LogP contribution in [0.15, 0.2) is 48.5 Å². The maximum absolute atomic E-state index is 14.3. The van der Waals surface area contributed by atoms with E-state index in [-0.39, 0.29) is 11.8 Å². The Bertz CT molecular complexity index is 1030. The molecule has 38 heavy (non-hydrogen) atoms. The monoisotopic (exact) mass is 552 g/mol. The first-order chi connectivity index (χ1) is 17.4. The van der Waals surface area contributed by atoms with Crippen molar-refractivity contribution >= 4 is 23.2 Å². The van der Waals surface area contributed by atoms with Crippen molar-refractivity contribution in [2.24, 2.45) is 0 Å². The van der Waals surface area contributed by atoms with Crippen LogP contribution in [0.2, 0.25) is 0 Å². The van der Waals surface area contributed by atoms with Crippen LogP contribution in [0, 0.1) is 0 Å². The number of halogens is 8. The van der Waals surface area contributed by atoms with E-state index in [4.69, 9.17) is 0 Å². The first-order valence-corrected chi connectivity index (χ1v) is 11.8. The summed E-state index contributed by atoms with van der Waals surface area (Å²) in [5, 5.41) is 2.67. The smallest absolute Gasteiger partial charge is 0.321 e. The molecule has 4 nitrogen and oxygen atoms in total. The van der Waals surface area contributed by atoms with Crippen LogP contribution in [0.25, 0.3) is 0 Å². The van der Waals surface area contributed by atoms with Crippen molar-refractivity contribution in [3.8, 4) is 0 Å². The lowest BCUT2D eigenvalue weighted by Crippen LogP contribution is -2.67. The lowest BCUT2D eigenvalue weighted by molar-refractivity contribution is -0.345. The maximum atomic E-state index is 14.3. The van der Waals surface area contributed by atoms with E-state index < -0.39 is 46.9 Å². The molecule has 210 valence electrons. The van der Waals surface area contributed by atoms with Gasteiger partial charge in [0.2, 0.25) is 0 Å². The van der Waals surface area contributed by atoms with Crippen molar-refractivity contribution in [2.75, 3.05) is 10.6 Å². The number of hydrogen-bond donors (Lipinski definition) is 2. The predicted molar refractivity (Wildman–Crippen MR) is 127 cm³/mol. The second-order valence-corrected chi connectivity index (χ2v) is 9.07. The van der Waals surface area contributed by atoms with Crippen LogP contribution in [-0.4, -0.2) is 35.5 Å². The summed E-state index contributed by atoms with van der Waals surface area (Å²) in [4.78, 5) is 23.8. The number of hydrogen-bond acceptors (Lipinski definition) is 2. The quantitative estimate of drug-likeness (QED) is 0.279. The summed E-state index contributed by atoms with van der Waals surface area (Å²) in [6, 6.07) is 9.84. The Balaban J connectivity index is 2.25. The topological polar surface area (TPSA) is 58.2 Å². The van der Waals surface area contributed by atoms with Gasteiger partial charge in [0.25, 0.3) is 0 Å². The second kappa shape index (κ2) is 11.3. The fourth-order valence-corrected chi connectivity index (χ4v) is 3.36. The average Bonchev–Trinajstić information content (AvgIpc) is 2.88. The summed E-state index contributed by atoms with van der Waals surface area (Å²) < 4.78 is 114. The fraction of sp³-hybridized carbons (Fsp3) is 0.462. The molecule has 2 amide bonds. The van der Waals surface area contributed by atoms with Crippen LogP contribution in [0.3, 0.4) is 0 Å². The Labute approximate surface area is 214 Å². The Hall–Kier alpha value is -3.18. The fourth-order valence-electron chi connectivity index (χ4n) is 3.36. The molecule has 0 heterocycles. The van der Waals surface area contributed by atoms with Crippen LogP contribution in [0.1, 0.15) is 63.5 Å². The van der Waals surface area contributed by atoms with Gasteiger partial charge >= 0.3 is 35.5 Å². The van der Waals surface area contributed by atoms with Gasteiger partial charge in [-0.25, -0.2) is 0 Å². The number of benzene rings is 2. The number of alkyl halides is 8. The zero-order valence-electron chi connectivity index (χ0n) is 21.0. The van der Waals surface area contributed by atoms with Crippen LogP contribution in [0.5, 0.6) is 0 Å². The number of rotatable bonds is 11. The second-order valence-electron chi connectivity index (χ2n) is 9.07. The highest BCUT2D eigenvalue weighted by Crippen LogP contribution is 2.53. The number of carbonyl (C=O) groups is 2. The Morgan fingerprint density at radius 2 is 0.868 bits per heavy atom. The summed E-state index contributed by atoms with van der Waals surface area (Å²) in [6.45, 7) is 7.40. The van der Waals surface area contributed by atoms with Gasteiger partial charge in [-0.15, -0.1) is 0 Å². The SMILES string of the molecule is CCC(C)c1ccc(NC(=O)C(F)(F)C(F)(F)C(F)(F)C(F)(F)C(=O)Nc2ccc(C(C)CC)cc2)cc1. The average molecular weight is 553 g/mol. The largest absolute Gasteiger partial charge is 0.393 e. The van der Waals surface area contributed by atoms with E-state index in [1.807, 2.05) is 27.7 Å². The highest BCUT2D eigenvalue weighted by Gasteiger charge is 2.84. The van der Waals surface area contributed by atoms with Crippen molar-refractivity contribution in [3.05, 3.63) is 59.7 Å². The predicted octanol–water partition coefficient (Wildman–Crippen LogP) is 7.83. The molecule has 2 rings (SSSR count). The molecule has 2 aromatic carbocycles. The van der Waals surface area contributed by atoms with Crippen LogP contribution < -0.4 is 10.6 Å². The van der Waals surface area contributed by atoms with Gasteiger partial charge in [-0.3, -0.25) is 9.59 Å². The van der Waals surface area contributed by atoms with Crippen molar-refractivity contribution in [1.82, 2.24) is 0 Å². The molecule has 0 saturated carbocycles. The third kappa shape index (κ3) is 5.78. The third-order valence-corrected chi connectivity index (χ3v) is 6.45. The minimum Gasteiger partial charge on any atom is -0.321 e. The van der Waals surface area contributed by atoms with E-state index in [2.05, 4.69) is 0 Å². The van der Waals surface area contributed by atoms with Crippen molar-refractivity contribution in [2.45, 2.75) is 76.1 Å². The molecule has 0 radical (unpaired) electrons. The summed E-state index contributed by atoms with van der Waals surface area (Å²) in [5.41, 5.74) is 0.529. The molecule has 12 heteroatoms. The molecule has 2 N–H and O–H groups in total. The van der Waals surface area contributed by atoms with Gasteiger partial charge in [0.05, 0.1) is 0 Å². The van der Waals surface area contributed by atoms with E-state index in [0.717, 1.165) is 24.3 Å². The Kier molecular flexibility index (Phi) is 9.22. The van der Waals surface area contributed by atoms with E-state index >= 15 is 0 Å². The summed E-state index contributed by atoms with van der Waals surface area (Å²) in [6.07, 6.45) is 1.41. The molecule has 0 aliphatic rings. The zero-order chi connectivity index (χ0) is 29.1. The minimum absolute atomic E-state index is 0.0374. The molecular formula is C26H28F8N2O2. The van der Waals surface area contributed by atoms with Gasteiger partial charge < -0.3 is 10.6 Å². The van der Waals surface area contributed by atoms with Gasteiger partial charge in [0.15, 0.2) is 0 Å². The molecule has 0 spiro atoms. The molecule has 0 bridgehead atoms. The standard InChI is InChI=1S/C26H28F8N2O2/c1-5-15(3)17-7-11-19(12-8-17)35-21(37)23(27,28)25(31,32)26(33,34)24(29,30)22(38)36-20-13-9-18(10-14-20)16(4)6-2/h7-16H,5-6H2,1-4H3,(H,35,37)(H,36,38). The van der Waals surface area contributed by atoms with Crippen LogP contribution in [0.4, 0.5) is 46.5 Å². The normalized spacial score (nSPS) is 14.5. The first kappa shape index (κ1) is 31.0. The number of anilines is 2. The van der Waals surface area contributed by atoms with E-state index in [1.54, 1.807) is 0 Å². The Morgan fingerprint density at radius 3 is 1.11 bits per heavy atom. The van der Waals surface area contributed by atoms with Gasteiger partial charge in [-0.2, -0.15) is 35.1 Å². The molecule has 2 unspecified atom stereocenters. The molecule has 0 saturated heterocycles. The molecule has 0 aliphatic carbocycles. The van der Waals surface area contributed by atoms with Crippen molar-refractivity contribution in [3.63, 3.8) is 0 Å². The summed E-state index contributed by atoms with van der Waals surface area (Å²) >= 11 is 0. The zero-order valence-corrected chi connectivity index (χ0v) is 21.0. The van der Waals surface area contributed by atoms with E-state index in [0.29, 0.717) is 24.0 Å². The third-order valence-electron chi connectivity index (χ3n) is 6.45. The van der Waals surface area contributed by atoms with Crippen LogP contribution >= 0.6 is 0 Å². The maximum Gasteiger partial charge on any atom is 0.393 e. The van der Waals surface area contributed by atoms with Gasteiger partial charge in [-0.1, -0.05) is 52.0 Å². The molecular weight excluding hydrogens is 524 g/mol. The van der Waals surface area contributed by atoms with Gasteiger partial charge in [-0.05, 0) is 60.1 Å².